The monoisotopic (exact) mass is 290 g/mol. The van der Waals surface area contributed by atoms with Crippen molar-refractivity contribution in [1.82, 2.24) is 14.8 Å². The van der Waals surface area contributed by atoms with Gasteiger partial charge in [-0.2, -0.15) is 0 Å². The second-order valence-corrected chi connectivity index (χ2v) is 5.88. The van der Waals surface area contributed by atoms with Gasteiger partial charge in [-0.05, 0) is 31.5 Å². The quantitative estimate of drug-likeness (QED) is 0.846. The lowest BCUT2D eigenvalue weighted by atomic mass is 10.0. The smallest absolute Gasteiger partial charge is 0.255 e. The molecule has 1 fully saturated rings. The zero-order valence-electron chi connectivity index (χ0n) is 13.5. The molecule has 0 aliphatic carbocycles. The van der Waals surface area contributed by atoms with Crippen LogP contribution in [0.15, 0.2) is 18.3 Å². The molecule has 116 valence electrons. The minimum atomic E-state index is 0.0720. The van der Waals surface area contributed by atoms with Crippen LogP contribution in [-0.4, -0.2) is 67.5 Å². The molecule has 0 aromatic carbocycles. The molecule has 5 heteroatoms. The van der Waals surface area contributed by atoms with E-state index in [1.54, 1.807) is 6.20 Å². The SMILES string of the molecule is CCN1CCC(N(C)C(=O)c2ccc(N(C)C)nc2)CC1. The number of anilines is 1. The molecule has 1 aromatic heterocycles. The topological polar surface area (TPSA) is 39.7 Å². The lowest BCUT2D eigenvalue weighted by Gasteiger charge is -2.36. The number of aromatic nitrogens is 1. The van der Waals surface area contributed by atoms with Gasteiger partial charge in [-0.3, -0.25) is 4.79 Å². The highest BCUT2D eigenvalue weighted by molar-refractivity contribution is 5.94. The summed E-state index contributed by atoms with van der Waals surface area (Å²) in [6, 6.07) is 4.09. The fourth-order valence-electron chi connectivity index (χ4n) is 2.77. The Labute approximate surface area is 127 Å². The number of nitrogens with zero attached hydrogens (tertiary/aromatic N) is 4. The van der Waals surface area contributed by atoms with Crippen molar-refractivity contribution in [1.29, 1.82) is 0 Å². The third-order valence-corrected chi connectivity index (χ3v) is 4.33. The van der Waals surface area contributed by atoms with Crippen LogP contribution in [0.5, 0.6) is 0 Å². The third-order valence-electron chi connectivity index (χ3n) is 4.33. The predicted molar refractivity (Wildman–Crippen MR) is 85.8 cm³/mol. The standard InChI is InChI=1S/C16H26N4O/c1-5-20-10-8-14(9-11-20)19(4)16(21)13-6-7-15(17-12-13)18(2)3/h6-7,12,14H,5,8-11H2,1-4H3. The number of pyridine rings is 1. The van der Waals surface area contributed by atoms with Crippen LogP contribution in [0.3, 0.4) is 0 Å². The summed E-state index contributed by atoms with van der Waals surface area (Å²) in [6.45, 7) is 5.45. The van der Waals surface area contributed by atoms with Crippen LogP contribution < -0.4 is 4.90 Å². The lowest BCUT2D eigenvalue weighted by molar-refractivity contribution is 0.0646. The highest BCUT2D eigenvalue weighted by Crippen LogP contribution is 2.18. The summed E-state index contributed by atoms with van der Waals surface area (Å²) in [5, 5.41) is 0. The van der Waals surface area contributed by atoms with Gasteiger partial charge in [0, 0.05) is 46.5 Å². The maximum atomic E-state index is 12.5. The van der Waals surface area contributed by atoms with Gasteiger partial charge in [0.1, 0.15) is 5.82 Å². The summed E-state index contributed by atoms with van der Waals surface area (Å²) in [6.07, 6.45) is 3.79. The highest BCUT2D eigenvalue weighted by Gasteiger charge is 2.25. The molecule has 1 saturated heterocycles. The fraction of sp³-hybridized carbons (Fsp3) is 0.625. The van der Waals surface area contributed by atoms with E-state index in [1.165, 1.54) is 0 Å². The maximum Gasteiger partial charge on any atom is 0.255 e. The number of piperidine rings is 1. The Kier molecular flexibility index (Phi) is 5.17. The van der Waals surface area contributed by atoms with Crippen molar-refractivity contribution in [2.45, 2.75) is 25.8 Å². The molecule has 1 aliphatic heterocycles. The predicted octanol–water partition coefficient (Wildman–Crippen LogP) is 1.70. The summed E-state index contributed by atoms with van der Waals surface area (Å²) < 4.78 is 0. The number of rotatable bonds is 4. The van der Waals surface area contributed by atoms with E-state index in [4.69, 9.17) is 0 Å². The molecule has 0 unspecified atom stereocenters. The van der Waals surface area contributed by atoms with E-state index in [0.717, 1.165) is 38.3 Å². The van der Waals surface area contributed by atoms with E-state index in [9.17, 15) is 4.79 Å². The van der Waals surface area contributed by atoms with Crippen molar-refractivity contribution in [3.63, 3.8) is 0 Å². The Morgan fingerprint density at radius 2 is 1.95 bits per heavy atom. The van der Waals surface area contributed by atoms with Gasteiger partial charge in [-0.25, -0.2) is 4.98 Å². The summed E-state index contributed by atoms with van der Waals surface area (Å²) in [4.78, 5) is 23.1. The highest BCUT2D eigenvalue weighted by atomic mass is 16.2. The van der Waals surface area contributed by atoms with Gasteiger partial charge in [0.2, 0.25) is 0 Å². The second kappa shape index (κ2) is 6.89. The Hall–Kier alpha value is -1.62. The molecular formula is C16H26N4O. The normalized spacial score (nSPS) is 16.8. The van der Waals surface area contributed by atoms with Crippen LogP contribution in [0.25, 0.3) is 0 Å². The molecule has 2 rings (SSSR count). The zero-order valence-corrected chi connectivity index (χ0v) is 13.5. The number of hydrogen-bond donors (Lipinski definition) is 0. The molecule has 1 aromatic rings. The molecule has 2 heterocycles. The van der Waals surface area contributed by atoms with Gasteiger partial charge in [0.15, 0.2) is 0 Å². The van der Waals surface area contributed by atoms with E-state index < -0.39 is 0 Å². The molecule has 0 N–H and O–H groups in total. The summed E-state index contributed by atoms with van der Waals surface area (Å²) in [5.41, 5.74) is 0.668. The molecule has 0 radical (unpaired) electrons. The fourth-order valence-corrected chi connectivity index (χ4v) is 2.77. The lowest BCUT2D eigenvalue weighted by Crippen LogP contribution is -2.45. The van der Waals surface area contributed by atoms with Gasteiger partial charge in [0.05, 0.1) is 5.56 Å². The first-order valence-corrected chi connectivity index (χ1v) is 7.65. The molecule has 0 atom stereocenters. The van der Waals surface area contributed by atoms with E-state index in [2.05, 4.69) is 16.8 Å². The van der Waals surface area contributed by atoms with E-state index in [0.29, 0.717) is 11.6 Å². The molecule has 1 amide bonds. The largest absolute Gasteiger partial charge is 0.363 e. The Morgan fingerprint density at radius 3 is 2.43 bits per heavy atom. The molecule has 1 aliphatic rings. The number of amides is 1. The average molecular weight is 290 g/mol. The van der Waals surface area contributed by atoms with Crippen molar-refractivity contribution in [3.05, 3.63) is 23.9 Å². The Morgan fingerprint density at radius 1 is 1.29 bits per heavy atom. The Bertz CT molecular complexity index is 464. The van der Waals surface area contributed by atoms with Crippen LogP contribution >= 0.6 is 0 Å². The summed E-state index contributed by atoms with van der Waals surface area (Å²) in [5.74, 6) is 0.938. The van der Waals surface area contributed by atoms with E-state index in [1.807, 2.05) is 43.1 Å². The van der Waals surface area contributed by atoms with Crippen LogP contribution in [-0.2, 0) is 0 Å². The van der Waals surface area contributed by atoms with Crippen molar-refractivity contribution in [2.75, 3.05) is 45.7 Å². The van der Waals surface area contributed by atoms with Crippen LogP contribution in [0.1, 0.15) is 30.1 Å². The minimum absolute atomic E-state index is 0.0720. The molecule has 0 spiro atoms. The molecule has 0 saturated carbocycles. The first-order chi connectivity index (χ1) is 10.0. The second-order valence-electron chi connectivity index (χ2n) is 5.88. The number of likely N-dealkylation sites (tertiary alicyclic amines) is 1. The summed E-state index contributed by atoms with van der Waals surface area (Å²) >= 11 is 0. The molecule has 0 bridgehead atoms. The molecular weight excluding hydrogens is 264 g/mol. The maximum absolute atomic E-state index is 12.5. The molecule has 21 heavy (non-hydrogen) atoms. The van der Waals surface area contributed by atoms with Crippen molar-refractivity contribution in [3.8, 4) is 0 Å². The first-order valence-electron chi connectivity index (χ1n) is 7.65. The van der Waals surface area contributed by atoms with Gasteiger partial charge < -0.3 is 14.7 Å². The van der Waals surface area contributed by atoms with Gasteiger partial charge >= 0.3 is 0 Å². The van der Waals surface area contributed by atoms with Gasteiger partial charge in [-0.1, -0.05) is 6.92 Å². The van der Waals surface area contributed by atoms with Crippen molar-refractivity contribution >= 4 is 11.7 Å². The van der Waals surface area contributed by atoms with Crippen LogP contribution in [0, 0.1) is 0 Å². The minimum Gasteiger partial charge on any atom is -0.363 e. The first kappa shape index (κ1) is 15.8. The summed E-state index contributed by atoms with van der Waals surface area (Å²) in [7, 11) is 5.80. The number of hydrogen-bond acceptors (Lipinski definition) is 4. The zero-order chi connectivity index (χ0) is 15.4. The number of carbonyl (C=O) groups excluding carboxylic acids is 1. The third kappa shape index (κ3) is 3.73. The van der Waals surface area contributed by atoms with E-state index >= 15 is 0 Å². The average Bonchev–Trinajstić information content (AvgIpc) is 2.53. The van der Waals surface area contributed by atoms with Gasteiger partial charge in [0.25, 0.3) is 5.91 Å². The molecule has 5 nitrogen and oxygen atoms in total. The van der Waals surface area contributed by atoms with Gasteiger partial charge in [-0.15, -0.1) is 0 Å². The van der Waals surface area contributed by atoms with Crippen LogP contribution in [0.2, 0.25) is 0 Å². The van der Waals surface area contributed by atoms with Crippen LogP contribution in [0.4, 0.5) is 5.82 Å². The van der Waals surface area contributed by atoms with E-state index in [-0.39, 0.29) is 5.91 Å². The van der Waals surface area contributed by atoms with Crippen molar-refractivity contribution < 1.29 is 4.79 Å². The number of carbonyl (C=O) groups is 1. The van der Waals surface area contributed by atoms with Crippen molar-refractivity contribution in [2.24, 2.45) is 0 Å². The Balaban J connectivity index is 1.99.